The normalized spacial score (nSPS) is 17.4. The molecule has 3 heterocycles. The number of anilines is 3. The van der Waals surface area contributed by atoms with Gasteiger partial charge in [0.25, 0.3) is 11.8 Å². The summed E-state index contributed by atoms with van der Waals surface area (Å²) in [5.41, 5.74) is 11.6. The largest absolute Gasteiger partial charge is 0.397 e. The van der Waals surface area contributed by atoms with Crippen LogP contribution in [0.5, 0.6) is 0 Å². The van der Waals surface area contributed by atoms with Crippen molar-refractivity contribution < 1.29 is 23.5 Å². The van der Waals surface area contributed by atoms with Gasteiger partial charge in [0.05, 0.1) is 46.2 Å². The van der Waals surface area contributed by atoms with Gasteiger partial charge in [0.1, 0.15) is 11.6 Å². The van der Waals surface area contributed by atoms with Crippen LogP contribution < -0.4 is 27.0 Å². The van der Waals surface area contributed by atoms with Crippen molar-refractivity contribution >= 4 is 28.9 Å². The van der Waals surface area contributed by atoms with Crippen LogP contribution in [-0.2, 0) is 0 Å². The highest BCUT2D eigenvalue weighted by Gasteiger charge is 2.27. The average molecular weight is 526 g/mol. The van der Waals surface area contributed by atoms with Crippen molar-refractivity contribution in [3.63, 3.8) is 0 Å². The number of aliphatic hydroxyl groups excluding tert-OH is 1. The number of nitrogen functional groups attached to an aromatic ring is 1. The predicted octanol–water partition coefficient (Wildman–Crippen LogP) is 2.29. The van der Waals surface area contributed by atoms with E-state index in [-0.39, 0.29) is 28.7 Å². The molecule has 0 bridgehead atoms. The Labute approximate surface area is 218 Å². The summed E-state index contributed by atoms with van der Waals surface area (Å²) in [6, 6.07) is 5.58. The summed E-state index contributed by atoms with van der Waals surface area (Å²) in [5, 5.41) is 15.2. The number of carbonyl (C=O) groups excluding carboxylic acids is 2. The number of hydrogen-bond acceptors (Lipinski definition) is 8. The number of carbonyl (C=O) groups is 2. The van der Waals surface area contributed by atoms with E-state index in [4.69, 9.17) is 11.5 Å². The topological polar surface area (TPSA) is 159 Å². The molecule has 200 valence electrons. The second kappa shape index (κ2) is 11.1. The van der Waals surface area contributed by atoms with Gasteiger partial charge in [-0.2, -0.15) is 0 Å². The van der Waals surface area contributed by atoms with E-state index in [0.29, 0.717) is 30.9 Å². The van der Waals surface area contributed by atoms with Crippen LogP contribution in [0, 0.1) is 11.6 Å². The van der Waals surface area contributed by atoms with Gasteiger partial charge < -0.3 is 32.1 Å². The van der Waals surface area contributed by atoms with E-state index >= 15 is 4.39 Å². The van der Waals surface area contributed by atoms with E-state index in [1.54, 1.807) is 26.1 Å². The van der Waals surface area contributed by atoms with Crippen LogP contribution in [0.3, 0.4) is 0 Å². The lowest BCUT2D eigenvalue weighted by Gasteiger charge is -2.36. The molecular weight excluding hydrogens is 496 g/mol. The fraction of sp³-hybridized carbons (Fsp3) is 0.308. The third-order valence-electron chi connectivity index (χ3n) is 6.16. The lowest BCUT2D eigenvalue weighted by molar-refractivity contribution is 0.0938. The molecule has 3 aromatic rings. The van der Waals surface area contributed by atoms with Gasteiger partial charge in [-0.1, -0.05) is 0 Å². The molecule has 1 aromatic carbocycles. The number of nitrogens with one attached hydrogen (secondary N) is 2. The first-order valence-corrected chi connectivity index (χ1v) is 12.1. The first-order chi connectivity index (χ1) is 18.1. The predicted molar refractivity (Wildman–Crippen MR) is 140 cm³/mol. The Morgan fingerprint density at radius 1 is 1.16 bits per heavy atom. The zero-order chi connectivity index (χ0) is 27.6. The lowest BCUT2D eigenvalue weighted by atomic mass is 10.0. The van der Waals surface area contributed by atoms with E-state index in [2.05, 4.69) is 20.6 Å². The first-order valence-electron chi connectivity index (χ1n) is 12.1. The van der Waals surface area contributed by atoms with Gasteiger partial charge in [0.15, 0.2) is 5.69 Å². The van der Waals surface area contributed by atoms with E-state index in [9.17, 15) is 19.1 Å². The average Bonchev–Trinajstić information content (AvgIpc) is 2.86. The summed E-state index contributed by atoms with van der Waals surface area (Å²) < 4.78 is 30.1. The maximum atomic E-state index is 15.3. The minimum atomic E-state index is -1.11. The van der Waals surface area contributed by atoms with Gasteiger partial charge >= 0.3 is 0 Å². The summed E-state index contributed by atoms with van der Waals surface area (Å²) in [6.45, 7) is 4.30. The molecule has 0 saturated carbocycles. The van der Waals surface area contributed by atoms with Crippen LogP contribution in [0.1, 0.15) is 41.1 Å². The summed E-state index contributed by atoms with van der Waals surface area (Å²) >= 11 is 0. The zero-order valence-electron chi connectivity index (χ0n) is 20.9. The number of piperidine rings is 1. The van der Waals surface area contributed by atoms with Crippen LogP contribution in [-0.4, -0.2) is 58.2 Å². The minimum absolute atomic E-state index is 0.0191. The standard InChI is InChI=1S/C26H29F2N7O3/c1-13(2)32-25(37)14-3-4-15(27)22(23(14)28)18-6-5-16(29)24(33-18)26(38)34-19-11-31-9-7-20(19)35-10-8-21(36)17(30)12-35/h3-7,9,11,13,17,21,36H,8,10,12,29-30H2,1-2H3,(H,32,37)(H,34,38). The van der Waals surface area contributed by atoms with Gasteiger partial charge in [0.2, 0.25) is 0 Å². The number of halogens is 2. The Kier molecular flexibility index (Phi) is 7.83. The van der Waals surface area contributed by atoms with Crippen molar-refractivity contribution in [3.05, 3.63) is 65.6 Å². The van der Waals surface area contributed by atoms with Gasteiger partial charge in [-0.25, -0.2) is 13.8 Å². The maximum Gasteiger partial charge on any atom is 0.276 e. The summed E-state index contributed by atoms with van der Waals surface area (Å²) in [6.07, 6.45) is 2.84. The molecule has 1 saturated heterocycles. The third kappa shape index (κ3) is 5.55. The molecule has 0 radical (unpaired) electrons. The minimum Gasteiger partial charge on any atom is -0.397 e. The first kappa shape index (κ1) is 26.9. The highest BCUT2D eigenvalue weighted by atomic mass is 19.1. The van der Waals surface area contributed by atoms with Crippen LogP contribution >= 0.6 is 0 Å². The molecule has 1 aliphatic rings. The van der Waals surface area contributed by atoms with Crippen molar-refractivity contribution in [2.45, 2.75) is 38.5 Å². The SMILES string of the molecule is CC(C)NC(=O)c1ccc(F)c(-c2ccc(N)c(C(=O)Nc3cnccc3N3CCC(O)C(N)C3)n2)c1F. The Morgan fingerprint density at radius 2 is 1.92 bits per heavy atom. The highest BCUT2D eigenvalue weighted by molar-refractivity contribution is 6.08. The summed E-state index contributed by atoms with van der Waals surface area (Å²) in [4.78, 5) is 35.7. The van der Waals surface area contributed by atoms with Crippen molar-refractivity contribution in [2.24, 2.45) is 5.73 Å². The molecule has 2 atom stereocenters. The molecular formula is C26H29F2N7O3. The Bertz CT molecular complexity index is 1370. The molecule has 12 heteroatoms. The van der Waals surface area contributed by atoms with Gasteiger partial charge in [-0.05, 0) is 50.6 Å². The maximum absolute atomic E-state index is 15.3. The Morgan fingerprint density at radius 3 is 2.63 bits per heavy atom. The van der Waals surface area contributed by atoms with Gasteiger partial charge in [-0.15, -0.1) is 0 Å². The molecule has 38 heavy (non-hydrogen) atoms. The van der Waals surface area contributed by atoms with E-state index < -0.39 is 41.2 Å². The molecule has 0 spiro atoms. The van der Waals surface area contributed by atoms with E-state index in [1.807, 2.05) is 4.90 Å². The zero-order valence-corrected chi connectivity index (χ0v) is 20.9. The Balaban J connectivity index is 1.65. The molecule has 0 aliphatic carbocycles. The fourth-order valence-electron chi connectivity index (χ4n) is 4.22. The molecule has 1 fully saturated rings. The van der Waals surface area contributed by atoms with Crippen LogP contribution in [0.4, 0.5) is 25.8 Å². The number of nitrogens with zero attached hydrogens (tertiary/aromatic N) is 3. The molecule has 2 amide bonds. The van der Waals surface area contributed by atoms with Crippen molar-refractivity contribution in [2.75, 3.05) is 29.0 Å². The molecule has 7 N–H and O–H groups in total. The smallest absolute Gasteiger partial charge is 0.276 e. The summed E-state index contributed by atoms with van der Waals surface area (Å²) in [7, 11) is 0. The second-order valence-corrected chi connectivity index (χ2v) is 9.36. The summed E-state index contributed by atoms with van der Waals surface area (Å²) in [5.74, 6) is -3.49. The number of rotatable bonds is 6. The lowest BCUT2D eigenvalue weighted by Crippen LogP contribution is -2.51. The van der Waals surface area contributed by atoms with Crippen LogP contribution in [0.2, 0.25) is 0 Å². The molecule has 4 rings (SSSR count). The fourth-order valence-corrected chi connectivity index (χ4v) is 4.22. The van der Waals surface area contributed by atoms with E-state index in [0.717, 1.165) is 12.1 Å². The monoisotopic (exact) mass is 525 g/mol. The number of pyridine rings is 2. The highest BCUT2D eigenvalue weighted by Crippen LogP contribution is 2.30. The van der Waals surface area contributed by atoms with Crippen LogP contribution in [0.15, 0.2) is 42.7 Å². The number of amides is 2. The molecule has 1 aliphatic heterocycles. The number of nitrogens with two attached hydrogens (primary N) is 2. The molecule has 10 nitrogen and oxygen atoms in total. The van der Waals surface area contributed by atoms with Gasteiger partial charge in [-0.3, -0.25) is 14.6 Å². The molecule has 2 unspecified atom stereocenters. The number of benzene rings is 1. The van der Waals surface area contributed by atoms with Crippen molar-refractivity contribution in [3.8, 4) is 11.3 Å². The van der Waals surface area contributed by atoms with Crippen LogP contribution in [0.25, 0.3) is 11.3 Å². The third-order valence-corrected chi connectivity index (χ3v) is 6.16. The second-order valence-electron chi connectivity index (χ2n) is 9.36. The number of hydrogen-bond donors (Lipinski definition) is 5. The van der Waals surface area contributed by atoms with Gasteiger partial charge in [0, 0.05) is 31.4 Å². The van der Waals surface area contributed by atoms with E-state index in [1.165, 1.54) is 18.3 Å². The van der Waals surface area contributed by atoms with Crippen molar-refractivity contribution in [1.82, 2.24) is 15.3 Å². The Hall–Kier alpha value is -4.16. The molecule has 2 aromatic heterocycles. The quantitative estimate of drug-likeness (QED) is 0.328. The number of aromatic nitrogens is 2. The number of aliphatic hydroxyl groups is 1. The van der Waals surface area contributed by atoms with Crippen molar-refractivity contribution in [1.29, 1.82) is 0 Å².